The van der Waals surface area contributed by atoms with Gasteiger partial charge in [-0.25, -0.2) is 13.1 Å². The molecule has 0 unspecified atom stereocenters. The average molecular weight is 341 g/mol. The molecule has 0 atom stereocenters. The standard InChI is InChI=1S/C16H27N3O3S/c1-6-14-12(3)15(18-13(4)20)8-9-16(14)19(7-2)11-10-17-23(5,21)22/h8-9,17H,6-7,10-11H2,1-5H3,(H,18,20). The summed E-state index contributed by atoms with van der Waals surface area (Å²) in [6, 6.07) is 3.89. The Balaban J connectivity index is 3.04. The number of hydrogen-bond donors (Lipinski definition) is 2. The predicted molar refractivity (Wildman–Crippen MR) is 95.6 cm³/mol. The van der Waals surface area contributed by atoms with Crippen LogP contribution in [0.15, 0.2) is 12.1 Å². The summed E-state index contributed by atoms with van der Waals surface area (Å²) in [5.74, 6) is -0.0902. The van der Waals surface area contributed by atoms with E-state index in [1.165, 1.54) is 6.92 Å². The van der Waals surface area contributed by atoms with Crippen LogP contribution < -0.4 is 14.9 Å². The molecule has 23 heavy (non-hydrogen) atoms. The molecule has 1 aromatic rings. The van der Waals surface area contributed by atoms with E-state index in [4.69, 9.17) is 0 Å². The van der Waals surface area contributed by atoms with Crippen LogP contribution in [0.5, 0.6) is 0 Å². The molecule has 0 bridgehead atoms. The highest BCUT2D eigenvalue weighted by molar-refractivity contribution is 7.88. The van der Waals surface area contributed by atoms with Gasteiger partial charge in [0.2, 0.25) is 15.9 Å². The van der Waals surface area contributed by atoms with E-state index in [-0.39, 0.29) is 5.91 Å². The van der Waals surface area contributed by atoms with Gasteiger partial charge in [0.15, 0.2) is 0 Å². The van der Waals surface area contributed by atoms with Crippen molar-refractivity contribution in [2.45, 2.75) is 34.1 Å². The third-order valence-electron chi connectivity index (χ3n) is 3.71. The van der Waals surface area contributed by atoms with Crippen LogP contribution in [0.1, 0.15) is 31.9 Å². The molecule has 0 saturated heterocycles. The van der Waals surface area contributed by atoms with Crippen LogP contribution in [0.3, 0.4) is 0 Å². The smallest absolute Gasteiger partial charge is 0.221 e. The molecule has 0 aliphatic heterocycles. The molecular formula is C16H27N3O3S. The molecule has 1 amide bonds. The van der Waals surface area contributed by atoms with Crippen LogP contribution in [0, 0.1) is 6.92 Å². The highest BCUT2D eigenvalue weighted by Gasteiger charge is 2.14. The number of amides is 1. The quantitative estimate of drug-likeness (QED) is 0.757. The van der Waals surface area contributed by atoms with Crippen molar-refractivity contribution in [3.8, 4) is 0 Å². The summed E-state index contributed by atoms with van der Waals surface area (Å²) < 4.78 is 24.9. The van der Waals surface area contributed by atoms with Gasteiger partial charge in [0.05, 0.1) is 6.26 Å². The molecule has 1 aromatic carbocycles. The van der Waals surface area contributed by atoms with Gasteiger partial charge in [-0.3, -0.25) is 4.79 Å². The number of nitrogens with one attached hydrogen (secondary N) is 2. The first-order valence-corrected chi connectivity index (χ1v) is 9.68. The van der Waals surface area contributed by atoms with Crippen molar-refractivity contribution in [2.75, 3.05) is 36.1 Å². The first-order valence-electron chi connectivity index (χ1n) is 7.79. The molecule has 2 N–H and O–H groups in total. The van der Waals surface area contributed by atoms with Crippen molar-refractivity contribution in [1.29, 1.82) is 0 Å². The fourth-order valence-corrected chi connectivity index (χ4v) is 3.09. The SMILES string of the molecule is CCc1c(N(CC)CCNS(C)(=O)=O)ccc(NC(C)=O)c1C. The predicted octanol–water partition coefficient (Wildman–Crippen LogP) is 1.89. The number of carbonyl (C=O) groups is 1. The van der Waals surface area contributed by atoms with Crippen LogP contribution in [0.2, 0.25) is 0 Å². The van der Waals surface area contributed by atoms with Gasteiger partial charge in [-0.1, -0.05) is 6.92 Å². The second kappa shape index (κ2) is 8.31. The number of sulfonamides is 1. The Labute approximate surface area is 139 Å². The zero-order valence-electron chi connectivity index (χ0n) is 14.6. The summed E-state index contributed by atoms with van der Waals surface area (Å²) in [4.78, 5) is 13.4. The zero-order valence-corrected chi connectivity index (χ0v) is 15.4. The Morgan fingerprint density at radius 3 is 2.39 bits per heavy atom. The van der Waals surface area contributed by atoms with Crippen molar-refractivity contribution in [3.05, 3.63) is 23.3 Å². The normalized spacial score (nSPS) is 11.3. The molecule has 0 radical (unpaired) electrons. The maximum atomic E-state index is 11.3. The van der Waals surface area contributed by atoms with Gasteiger partial charge in [0.25, 0.3) is 0 Å². The molecule has 1 rings (SSSR count). The molecular weight excluding hydrogens is 314 g/mol. The van der Waals surface area contributed by atoms with Gasteiger partial charge in [-0.05, 0) is 43.5 Å². The van der Waals surface area contributed by atoms with E-state index >= 15 is 0 Å². The van der Waals surface area contributed by atoms with E-state index in [0.717, 1.165) is 41.7 Å². The van der Waals surface area contributed by atoms with Crippen molar-refractivity contribution in [1.82, 2.24) is 4.72 Å². The number of anilines is 2. The van der Waals surface area contributed by atoms with E-state index in [2.05, 4.69) is 21.9 Å². The molecule has 0 aliphatic carbocycles. The first-order chi connectivity index (χ1) is 10.7. The second-order valence-corrected chi connectivity index (χ2v) is 7.35. The topological polar surface area (TPSA) is 78.5 Å². The lowest BCUT2D eigenvalue weighted by Crippen LogP contribution is -2.35. The number of carbonyl (C=O) groups excluding carboxylic acids is 1. The summed E-state index contributed by atoms with van der Waals surface area (Å²) in [5.41, 5.74) is 4.12. The maximum absolute atomic E-state index is 11.3. The third kappa shape index (κ3) is 5.84. The maximum Gasteiger partial charge on any atom is 0.221 e. The molecule has 7 heteroatoms. The van der Waals surface area contributed by atoms with Crippen LogP contribution in [-0.2, 0) is 21.2 Å². The van der Waals surface area contributed by atoms with Crippen molar-refractivity contribution in [2.24, 2.45) is 0 Å². The van der Waals surface area contributed by atoms with Crippen LogP contribution in [0.25, 0.3) is 0 Å². The highest BCUT2D eigenvalue weighted by Crippen LogP contribution is 2.29. The van der Waals surface area contributed by atoms with E-state index in [9.17, 15) is 13.2 Å². The molecule has 6 nitrogen and oxygen atoms in total. The second-order valence-electron chi connectivity index (χ2n) is 5.52. The van der Waals surface area contributed by atoms with E-state index < -0.39 is 10.0 Å². The number of rotatable bonds is 8. The highest BCUT2D eigenvalue weighted by atomic mass is 32.2. The van der Waals surface area contributed by atoms with E-state index in [1.807, 2.05) is 26.0 Å². The molecule has 0 fully saturated rings. The van der Waals surface area contributed by atoms with Crippen molar-refractivity contribution in [3.63, 3.8) is 0 Å². The minimum atomic E-state index is -3.18. The first kappa shape index (κ1) is 19.4. The minimum absolute atomic E-state index is 0.0902. The van der Waals surface area contributed by atoms with Crippen molar-refractivity contribution >= 4 is 27.3 Å². The number of benzene rings is 1. The van der Waals surface area contributed by atoms with Crippen LogP contribution >= 0.6 is 0 Å². The van der Waals surface area contributed by atoms with Gasteiger partial charge in [0, 0.05) is 37.9 Å². The molecule has 130 valence electrons. The lowest BCUT2D eigenvalue weighted by atomic mass is 10.0. The lowest BCUT2D eigenvalue weighted by molar-refractivity contribution is -0.114. The van der Waals surface area contributed by atoms with Gasteiger partial charge in [-0.2, -0.15) is 0 Å². The van der Waals surface area contributed by atoms with Gasteiger partial charge in [-0.15, -0.1) is 0 Å². The fourth-order valence-electron chi connectivity index (χ4n) is 2.63. The number of hydrogen-bond acceptors (Lipinski definition) is 4. The fraction of sp³-hybridized carbons (Fsp3) is 0.562. The van der Waals surface area contributed by atoms with Gasteiger partial charge in [0.1, 0.15) is 0 Å². The monoisotopic (exact) mass is 341 g/mol. The third-order valence-corrected chi connectivity index (χ3v) is 4.43. The Bertz CT molecular complexity index is 657. The average Bonchev–Trinajstić information content (AvgIpc) is 2.44. The summed E-state index contributed by atoms with van der Waals surface area (Å²) >= 11 is 0. The summed E-state index contributed by atoms with van der Waals surface area (Å²) in [6.07, 6.45) is 2.00. The molecule has 0 heterocycles. The Morgan fingerprint density at radius 2 is 1.91 bits per heavy atom. The van der Waals surface area contributed by atoms with Crippen molar-refractivity contribution < 1.29 is 13.2 Å². The summed E-state index contributed by atoms with van der Waals surface area (Å²) in [5, 5.41) is 2.85. The lowest BCUT2D eigenvalue weighted by Gasteiger charge is -2.27. The molecule has 0 saturated carbocycles. The van der Waals surface area contributed by atoms with Gasteiger partial charge >= 0.3 is 0 Å². The zero-order chi connectivity index (χ0) is 17.6. The van der Waals surface area contributed by atoms with E-state index in [0.29, 0.717) is 13.1 Å². The molecule has 0 aliphatic rings. The summed E-state index contributed by atoms with van der Waals surface area (Å²) in [6.45, 7) is 9.34. The Morgan fingerprint density at radius 1 is 1.26 bits per heavy atom. The number of likely N-dealkylation sites (N-methyl/N-ethyl adjacent to an activating group) is 1. The largest absolute Gasteiger partial charge is 0.370 e. The van der Waals surface area contributed by atoms with Gasteiger partial charge < -0.3 is 10.2 Å². The Hall–Kier alpha value is -1.60. The number of nitrogens with zero attached hydrogens (tertiary/aromatic N) is 1. The van der Waals surface area contributed by atoms with Crippen LogP contribution in [-0.4, -0.2) is 40.2 Å². The van der Waals surface area contributed by atoms with Crippen LogP contribution in [0.4, 0.5) is 11.4 Å². The van der Waals surface area contributed by atoms with E-state index in [1.54, 1.807) is 0 Å². The Kier molecular flexibility index (Phi) is 7.02. The minimum Gasteiger partial charge on any atom is -0.370 e. The molecule has 0 aromatic heterocycles. The summed E-state index contributed by atoms with van der Waals surface area (Å²) in [7, 11) is -3.18. The molecule has 0 spiro atoms.